The number of carbonyl (C=O) groups is 1. The van der Waals surface area contributed by atoms with Crippen LogP contribution in [-0.4, -0.2) is 46.3 Å². The summed E-state index contributed by atoms with van der Waals surface area (Å²) in [5.74, 6) is 3.88. The molecule has 32 heavy (non-hydrogen) atoms. The minimum atomic E-state index is -0.232. The van der Waals surface area contributed by atoms with E-state index in [2.05, 4.69) is 34.6 Å². The molecular formula is C28H49NO3. The molecule has 0 bridgehead atoms. The predicted octanol–water partition coefficient (Wildman–Crippen LogP) is 5.26. The van der Waals surface area contributed by atoms with Crippen LogP contribution < -0.4 is 0 Å². The molecule has 2 N–H and O–H groups in total. The number of aliphatic hydroxyl groups is 2. The summed E-state index contributed by atoms with van der Waals surface area (Å²) in [5, 5.41) is 21.9. The Morgan fingerprint density at radius 2 is 1.72 bits per heavy atom. The highest BCUT2D eigenvalue weighted by atomic mass is 16.3. The number of aliphatic hydroxyl groups excluding tert-OH is 2. The molecule has 0 aromatic carbocycles. The highest BCUT2D eigenvalue weighted by Crippen LogP contribution is 2.68. The van der Waals surface area contributed by atoms with Gasteiger partial charge in [-0.15, -0.1) is 0 Å². The zero-order valence-electron chi connectivity index (χ0n) is 21.4. The van der Waals surface area contributed by atoms with Crippen LogP contribution in [0.15, 0.2) is 0 Å². The molecule has 4 fully saturated rings. The summed E-state index contributed by atoms with van der Waals surface area (Å²) < 4.78 is 0. The van der Waals surface area contributed by atoms with E-state index in [9.17, 15) is 15.0 Å². The molecule has 0 spiro atoms. The van der Waals surface area contributed by atoms with Crippen molar-refractivity contribution in [2.75, 3.05) is 13.1 Å². The topological polar surface area (TPSA) is 60.8 Å². The second-order valence-corrected chi connectivity index (χ2v) is 12.5. The number of rotatable bonds is 6. The fraction of sp³-hybridized carbons (Fsp3) is 0.964. The van der Waals surface area contributed by atoms with Gasteiger partial charge in [0.05, 0.1) is 12.2 Å². The number of amides is 1. The van der Waals surface area contributed by atoms with Crippen LogP contribution in [0.2, 0.25) is 0 Å². The van der Waals surface area contributed by atoms with Crippen molar-refractivity contribution in [1.82, 2.24) is 4.90 Å². The van der Waals surface area contributed by atoms with Crippen LogP contribution in [0.4, 0.5) is 0 Å². The quantitative estimate of drug-likeness (QED) is 0.584. The number of carbonyl (C=O) groups excluding carboxylic acids is 1. The molecule has 0 heterocycles. The number of hydrogen-bond donors (Lipinski definition) is 2. The number of fused-ring (bicyclic) bond motifs is 5. The molecule has 4 saturated carbocycles. The minimum absolute atomic E-state index is 0.00376. The highest BCUT2D eigenvalue weighted by molar-refractivity contribution is 5.76. The van der Waals surface area contributed by atoms with Crippen molar-refractivity contribution in [3.8, 4) is 0 Å². The fourth-order valence-corrected chi connectivity index (χ4v) is 9.45. The lowest BCUT2D eigenvalue weighted by Crippen LogP contribution is -2.58. The molecule has 4 aliphatic rings. The summed E-state index contributed by atoms with van der Waals surface area (Å²) in [6, 6.07) is 0. The van der Waals surface area contributed by atoms with Gasteiger partial charge in [-0.1, -0.05) is 20.8 Å². The van der Waals surface area contributed by atoms with Gasteiger partial charge in [0, 0.05) is 19.5 Å². The highest BCUT2D eigenvalue weighted by Gasteiger charge is 2.63. The fourth-order valence-electron chi connectivity index (χ4n) is 9.45. The van der Waals surface area contributed by atoms with Crippen LogP contribution in [0.1, 0.15) is 98.8 Å². The average molecular weight is 448 g/mol. The first-order valence-corrected chi connectivity index (χ1v) is 13.8. The van der Waals surface area contributed by atoms with Crippen molar-refractivity contribution >= 4 is 5.91 Å². The van der Waals surface area contributed by atoms with E-state index in [-0.39, 0.29) is 23.5 Å². The van der Waals surface area contributed by atoms with Gasteiger partial charge >= 0.3 is 0 Å². The van der Waals surface area contributed by atoms with Crippen molar-refractivity contribution in [2.45, 2.75) is 111 Å². The third kappa shape index (κ3) is 3.85. The van der Waals surface area contributed by atoms with Crippen LogP contribution in [0.25, 0.3) is 0 Å². The molecule has 0 radical (unpaired) electrons. The summed E-state index contributed by atoms with van der Waals surface area (Å²) in [7, 11) is 0. The zero-order chi connectivity index (χ0) is 23.3. The molecule has 184 valence electrons. The molecule has 4 nitrogen and oxygen atoms in total. The van der Waals surface area contributed by atoms with Gasteiger partial charge in [0.1, 0.15) is 0 Å². The largest absolute Gasteiger partial charge is 0.393 e. The first kappa shape index (κ1) is 24.5. The second-order valence-electron chi connectivity index (χ2n) is 12.5. The lowest BCUT2D eigenvalue weighted by Gasteiger charge is -2.62. The van der Waals surface area contributed by atoms with Crippen molar-refractivity contribution < 1.29 is 15.0 Å². The van der Waals surface area contributed by atoms with E-state index in [4.69, 9.17) is 0 Å². The Morgan fingerprint density at radius 3 is 2.41 bits per heavy atom. The normalized spacial score (nSPS) is 46.7. The van der Waals surface area contributed by atoms with Gasteiger partial charge in [-0.05, 0) is 118 Å². The van der Waals surface area contributed by atoms with Crippen molar-refractivity contribution in [3.63, 3.8) is 0 Å². The maximum atomic E-state index is 12.6. The van der Waals surface area contributed by atoms with E-state index in [0.717, 1.165) is 51.1 Å². The van der Waals surface area contributed by atoms with Gasteiger partial charge in [0.25, 0.3) is 0 Å². The molecule has 4 aliphatic carbocycles. The van der Waals surface area contributed by atoms with Crippen LogP contribution in [0.5, 0.6) is 0 Å². The summed E-state index contributed by atoms with van der Waals surface area (Å²) in [6.07, 6.45) is 10.2. The van der Waals surface area contributed by atoms with E-state index < -0.39 is 0 Å². The Hall–Kier alpha value is -0.610. The molecule has 4 rings (SSSR count). The first-order chi connectivity index (χ1) is 15.2. The van der Waals surface area contributed by atoms with E-state index in [1.54, 1.807) is 0 Å². The van der Waals surface area contributed by atoms with Gasteiger partial charge in [-0.3, -0.25) is 4.79 Å². The van der Waals surface area contributed by atoms with Gasteiger partial charge < -0.3 is 15.1 Å². The Labute approximate surface area is 196 Å². The van der Waals surface area contributed by atoms with Gasteiger partial charge in [-0.2, -0.15) is 0 Å². The van der Waals surface area contributed by atoms with Gasteiger partial charge in [-0.25, -0.2) is 0 Å². The predicted molar refractivity (Wildman–Crippen MR) is 129 cm³/mol. The summed E-state index contributed by atoms with van der Waals surface area (Å²) in [4.78, 5) is 14.5. The zero-order valence-corrected chi connectivity index (χ0v) is 21.4. The summed E-state index contributed by atoms with van der Waals surface area (Å²) in [6.45, 7) is 12.9. The molecular weight excluding hydrogens is 398 g/mol. The Kier molecular flexibility index (Phi) is 7.05. The van der Waals surface area contributed by atoms with Crippen molar-refractivity contribution in [1.29, 1.82) is 0 Å². The van der Waals surface area contributed by atoms with Gasteiger partial charge in [0.2, 0.25) is 5.91 Å². The van der Waals surface area contributed by atoms with Crippen molar-refractivity contribution in [3.05, 3.63) is 0 Å². The SMILES string of the molecule is CCN(CC)C(=O)CC[C@@H](C)[C@H]1CC[C@H]2[C@@H]3CC[C@@H]4C[C@H](O)CC[C@]4(C)[C@H]3C[C@H](O)[C@]12C. The van der Waals surface area contributed by atoms with Crippen LogP contribution in [0.3, 0.4) is 0 Å². The smallest absolute Gasteiger partial charge is 0.222 e. The van der Waals surface area contributed by atoms with Crippen LogP contribution in [0, 0.1) is 46.3 Å². The Balaban J connectivity index is 1.48. The molecule has 0 aliphatic heterocycles. The van der Waals surface area contributed by atoms with E-state index in [1.807, 2.05) is 4.90 Å². The molecule has 10 atom stereocenters. The summed E-state index contributed by atoms with van der Waals surface area (Å²) in [5.41, 5.74) is 0.292. The number of nitrogens with zero attached hydrogens (tertiary/aromatic N) is 1. The van der Waals surface area contributed by atoms with Crippen LogP contribution >= 0.6 is 0 Å². The molecule has 0 aromatic rings. The molecule has 1 amide bonds. The third-order valence-electron chi connectivity index (χ3n) is 11.4. The second kappa shape index (κ2) is 9.21. The first-order valence-electron chi connectivity index (χ1n) is 13.8. The van der Waals surface area contributed by atoms with E-state index in [1.165, 1.54) is 25.7 Å². The standard InChI is InChI=1S/C28H49NO3/c1-6-29(7-2)26(32)13-8-18(3)22-11-12-23-21-10-9-19-16-20(30)14-15-27(19,4)24(21)17-25(31)28(22,23)5/h18-25,30-31H,6-17H2,1-5H3/t18-,19-,20-,21+,22-,23+,24+,25+,27+,28-/m1/s1. The molecule has 0 unspecified atom stereocenters. The van der Waals surface area contributed by atoms with Gasteiger partial charge in [0.15, 0.2) is 0 Å². The monoisotopic (exact) mass is 447 g/mol. The lowest BCUT2D eigenvalue weighted by molar-refractivity contribution is -0.175. The maximum absolute atomic E-state index is 12.6. The van der Waals surface area contributed by atoms with E-state index in [0.29, 0.717) is 41.4 Å². The summed E-state index contributed by atoms with van der Waals surface area (Å²) >= 11 is 0. The lowest BCUT2D eigenvalue weighted by atomic mass is 9.43. The molecule has 4 heteroatoms. The molecule has 0 aromatic heterocycles. The molecule has 0 saturated heterocycles. The average Bonchev–Trinajstić information content (AvgIpc) is 3.13. The van der Waals surface area contributed by atoms with Crippen molar-refractivity contribution in [2.24, 2.45) is 46.3 Å². The minimum Gasteiger partial charge on any atom is -0.393 e. The van der Waals surface area contributed by atoms with Crippen LogP contribution in [-0.2, 0) is 4.79 Å². The maximum Gasteiger partial charge on any atom is 0.222 e. The number of hydrogen-bond acceptors (Lipinski definition) is 3. The third-order valence-corrected chi connectivity index (χ3v) is 11.4. The van der Waals surface area contributed by atoms with E-state index >= 15 is 0 Å². The Bertz CT molecular complexity index is 678. The Morgan fingerprint density at radius 1 is 1.00 bits per heavy atom.